The molecule has 0 bridgehead atoms. The van der Waals surface area contributed by atoms with Gasteiger partial charge < -0.3 is 4.74 Å². The molecule has 6 nitrogen and oxygen atoms in total. The van der Waals surface area contributed by atoms with E-state index in [1.165, 1.54) is 5.56 Å². The Hall–Kier alpha value is -5.75. The molecule has 0 unspecified atom stereocenters. The lowest BCUT2D eigenvalue weighted by Crippen LogP contribution is -2.30. The van der Waals surface area contributed by atoms with Crippen molar-refractivity contribution in [2.75, 3.05) is 0 Å². The van der Waals surface area contributed by atoms with Crippen molar-refractivity contribution in [3.63, 3.8) is 0 Å². The number of para-hydroxylation sites is 3. The molecule has 0 atom stereocenters. The zero-order valence-corrected chi connectivity index (χ0v) is 31.3. The Balaban J connectivity index is 1.21. The molecule has 0 amide bonds. The number of hydrogen-bond donors (Lipinski definition) is 0. The number of benzene rings is 4. The van der Waals surface area contributed by atoms with E-state index >= 15 is 0 Å². The van der Waals surface area contributed by atoms with Crippen LogP contribution in [-0.4, -0.2) is 19.1 Å². The topological polar surface area (TPSA) is 48.8 Å². The van der Waals surface area contributed by atoms with Crippen molar-refractivity contribution < 1.29 is 14.8 Å². The van der Waals surface area contributed by atoms with E-state index in [0.29, 0.717) is 34.1 Å². The lowest BCUT2D eigenvalue weighted by Gasteiger charge is -2.20. The minimum absolute atomic E-state index is 0.0361. The number of imidazole rings is 1. The van der Waals surface area contributed by atoms with E-state index in [2.05, 4.69) is 80.2 Å². The van der Waals surface area contributed by atoms with Crippen LogP contribution in [-0.2, 0) is 18.2 Å². The second-order valence-electron chi connectivity index (χ2n) is 15.3. The van der Waals surface area contributed by atoms with Crippen LogP contribution in [0.4, 0.5) is 0 Å². The van der Waals surface area contributed by atoms with Gasteiger partial charge in [0.05, 0.1) is 27.8 Å². The van der Waals surface area contributed by atoms with Gasteiger partial charge in [0.2, 0.25) is 0 Å². The lowest BCUT2D eigenvalue weighted by atomic mass is 9.88. The summed E-state index contributed by atoms with van der Waals surface area (Å²) in [5.74, 6) is 2.02. The summed E-state index contributed by atoms with van der Waals surface area (Å²) < 4.78 is 48.3. The first-order valence-corrected chi connectivity index (χ1v) is 18.3. The largest absolute Gasteiger partial charge is 0.458 e. The van der Waals surface area contributed by atoms with E-state index in [4.69, 9.17) is 20.2 Å². The molecule has 0 N–H and O–H groups in total. The van der Waals surface area contributed by atoms with Crippen molar-refractivity contribution in [3.05, 3.63) is 145 Å². The summed E-state index contributed by atoms with van der Waals surface area (Å²) in [6.07, 6.45) is 3.69. The van der Waals surface area contributed by atoms with Crippen molar-refractivity contribution in [3.8, 4) is 28.8 Å². The van der Waals surface area contributed by atoms with Crippen LogP contribution in [0.2, 0.25) is 0 Å². The van der Waals surface area contributed by atoms with Gasteiger partial charge in [0.1, 0.15) is 17.3 Å². The van der Waals surface area contributed by atoms with Gasteiger partial charge in [-0.2, -0.15) is 0 Å². The second kappa shape index (κ2) is 13.7. The zero-order valence-electron chi connectivity index (χ0n) is 35.3. The molecule has 0 fully saturated rings. The van der Waals surface area contributed by atoms with Crippen molar-refractivity contribution >= 4 is 32.8 Å². The van der Waals surface area contributed by atoms with Crippen LogP contribution in [0.5, 0.6) is 11.5 Å². The van der Waals surface area contributed by atoms with E-state index in [0.717, 1.165) is 38.7 Å². The van der Waals surface area contributed by atoms with Gasteiger partial charge in [0, 0.05) is 40.8 Å². The number of fused-ring (bicyclic) bond motifs is 4. The fourth-order valence-corrected chi connectivity index (χ4v) is 6.98. The first kappa shape index (κ1) is 29.8. The molecule has 6 heteroatoms. The Kier molecular flexibility index (Phi) is 7.68. The molecular weight excluding hydrogens is 651 g/mol. The first-order valence-electron chi connectivity index (χ1n) is 20.3. The Morgan fingerprint density at radius 1 is 0.679 bits per heavy atom. The molecule has 4 heterocycles. The van der Waals surface area contributed by atoms with Crippen molar-refractivity contribution in [2.45, 2.75) is 66.6 Å². The number of pyridine rings is 2. The number of ether oxygens (including phenoxy) is 1. The van der Waals surface area contributed by atoms with Gasteiger partial charge in [-0.3, -0.25) is 18.7 Å². The molecule has 53 heavy (non-hydrogen) atoms. The SMILES string of the molecule is [2H]C([2H])(c1cc(-[n+]2[c-]n(-c3cc(Oc4ccc5c6ccccc6n(-c6cc(C(C)(C)C)ccn6)c5c4)ccn3)c3ccccc32)cc(C([2H])([2H])C(C)C)c1)C(C)C. The number of hydrogen-bond acceptors (Lipinski definition) is 3. The van der Waals surface area contributed by atoms with Gasteiger partial charge in [0.15, 0.2) is 5.82 Å². The standard InChI is InChI=1S/C47H47N5O/c1-31(2)22-33-24-34(23-32(3)4)26-36(25-33)50-30-51(43-15-11-10-14-42(43)50)45-29-38(19-21-48-45)53-37-16-17-40-39-12-8-9-13-41(39)52(44(40)28-37)46-27-35(18-20-49-46)47(5,6)7/h8-21,24-29,31-32H,22-23H2,1-7H3/i22D2,23D2. The molecule has 0 spiro atoms. The second-order valence-corrected chi connectivity index (χ2v) is 15.3. The highest BCUT2D eigenvalue weighted by Gasteiger charge is 2.19. The van der Waals surface area contributed by atoms with Gasteiger partial charge in [-0.05, 0) is 84.1 Å². The molecule has 8 rings (SSSR count). The maximum atomic E-state index is 8.96. The smallest absolute Gasteiger partial charge is 0.271 e. The highest BCUT2D eigenvalue weighted by Crippen LogP contribution is 2.36. The number of aromatic nitrogens is 5. The molecule has 266 valence electrons. The van der Waals surface area contributed by atoms with Crippen LogP contribution >= 0.6 is 0 Å². The van der Waals surface area contributed by atoms with Crippen LogP contribution in [0.25, 0.3) is 50.2 Å². The summed E-state index contributed by atoms with van der Waals surface area (Å²) in [6, 6.07) is 35.6. The fourth-order valence-electron chi connectivity index (χ4n) is 6.98. The first-order chi connectivity index (χ1) is 27.0. The monoisotopic (exact) mass is 701 g/mol. The minimum atomic E-state index is -1.69. The molecule has 8 aromatic rings. The van der Waals surface area contributed by atoms with Gasteiger partial charge in [-0.15, -0.1) is 0 Å². The minimum Gasteiger partial charge on any atom is -0.458 e. The Morgan fingerprint density at radius 2 is 1.32 bits per heavy atom. The van der Waals surface area contributed by atoms with Crippen LogP contribution in [0, 0.1) is 18.2 Å². The van der Waals surface area contributed by atoms with Crippen LogP contribution in [0.15, 0.2) is 122 Å². The van der Waals surface area contributed by atoms with E-state index in [9.17, 15) is 0 Å². The summed E-state index contributed by atoms with van der Waals surface area (Å²) in [4.78, 5) is 9.56. The number of rotatable bonds is 9. The maximum absolute atomic E-state index is 8.96. The quantitative estimate of drug-likeness (QED) is 0.111. The highest BCUT2D eigenvalue weighted by molar-refractivity contribution is 6.09. The summed E-state index contributed by atoms with van der Waals surface area (Å²) in [5, 5.41) is 2.24. The molecule has 0 radical (unpaired) electrons. The Labute approximate surface area is 318 Å². The molecule has 0 aliphatic rings. The van der Waals surface area contributed by atoms with Gasteiger partial charge >= 0.3 is 0 Å². The maximum Gasteiger partial charge on any atom is 0.271 e. The van der Waals surface area contributed by atoms with Crippen molar-refractivity contribution in [1.82, 2.24) is 19.1 Å². The van der Waals surface area contributed by atoms with Crippen molar-refractivity contribution in [2.24, 2.45) is 11.8 Å². The molecular formula is C47H47N5O. The third-order valence-corrected chi connectivity index (χ3v) is 9.32. The van der Waals surface area contributed by atoms with Gasteiger partial charge in [-0.25, -0.2) is 4.98 Å². The fraction of sp³-hybridized carbons (Fsp3) is 0.255. The summed E-state index contributed by atoms with van der Waals surface area (Å²) >= 11 is 0. The van der Waals surface area contributed by atoms with Crippen molar-refractivity contribution in [1.29, 1.82) is 0 Å². The van der Waals surface area contributed by atoms with Gasteiger partial charge in [0.25, 0.3) is 6.33 Å². The third-order valence-electron chi connectivity index (χ3n) is 9.32. The lowest BCUT2D eigenvalue weighted by molar-refractivity contribution is -0.572. The molecule has 0 aliphatic carbocycles. The van der Waals surface area contributed by atoms with E-state index in [-0.39, 0.29) is 17.3 Å². The molecule has 4 aromatic carbocycles. The Morgan fingerprint density at radius 3 is 2.06 bits per heavy atom. The average Bonchev–Trinajstić information content (AvgIpc) is 3.73. The number of nitrogens with zero attached hydrogens (tertiary/aromatic N) is 5. The molecule has 4 aromatic heterocycles. The third kappa shape index (κ3) is 6.82. The van der Waals surface area contributed by atoms with Gasteiger partial charge in [-0.1, -0.05) is 108 Å². The van der Waals surface area contributed by atoms with E-state index in [1.807, 2.05) is 97.6 Å². The van der Waals surface area contributed by atoms with E-state index in [1.54, 1.807) is 12.3 Å². The Bertz CT molecular complexity index is 2760. The zero-order chi connectivity index (χ0) is 40.4. The summed E-state index contributed by atoms with van der Waals surface area (Å²) in [5.41, 5.74) is 6.32. The predicted octanol–water partition coefficient (Wildman–Crippen LogP) is 11.1. The van der Waals surface area contributed by atoms with Crippen LogP contribution < -0.4 is 9.30 Å². The van der Waals surface area contributed by atoms with Crippen LogP contribution in [0.1, 0.15) is 70.6 Å². The molecule has 0 saturated carbocycles. The summed E-state index contributed by atoms with van der Waals surface area (Å²) in [7, 11) is 0. The average molecular weight is 702 g/mol. The molecule has 0 saturated heterocycles. The summed E-state index contributed by atoms with van der Waals surface area (Å²) in [6.45, 7) is 14.0. The molecule has 0 aliphatic heterocycles. The normalized spacial score (nSPS) is 13.8. The van der Waals surface area contributed by atoms with E-state index < -0.39 is 12.7 Å². The highest BCUT2D eigenvalue weighted by atomic mass is 16.5. The predicted molar refractivity (Wildman–Crippen MR) is 216 cm³/mol. The van der Waals surface area contributed by atoms with Crippen LogP contribution in [0.3, 0.4) is 0 Å².